The molecule has 0 saturated carbocycles. The number of nitrogens with one attached hydrogen (secondary N) is 1. The van der Waals surface area contributed by atoms with E-state index >= 15 is 0 Å². The number of nitrogens with zero attached hydrogens (tertiary/aromatic N) is 3. The molecular formula is C14H21ClN4O2. The van der Waals surface area contributed by atoms with Gasteiger partial charge in [-0.05, 0) is 45.7 Å². The minimum Gasteiger partial charge on any atom is -0.444 e. The first-order valence-electron chi connectivity index (χ1n) is 7.07. The molecule has 0 unspecified atom stereocenters. The van der Waals surface area contributed by atoms with Crippen LogP contribution in [-0.4, -0.2) is 45.9 Å². The molecule has 0 aliphatic carbocycles. The summed E-state index contributed by atoms with van der Waals surface area (Å²) in [5, 5.41) is 11.4. The number of likely N-dealkylation sites (tertiary alicyclic amines) is 1. The Hall–Kier alpha value is -1.56. The number of ether oxygens (including phenoxy) is 1. The quantitative estimate of drug-likeness (QED) is 0.909. The Morgan fingerprint density at radius 2 is 2.19 bits per heavy atom. The van der Waals surface area contributed by atoms with Crippen LogP contribution in [0.2, 0.25) is 5.15 Å². The molecular weight excluding hydrogens is 292 g/mol. The summed E-state index contributed by atoms with van der Waals surface area (Å²) in [6.07, 6.45) is 1.64. The second-order valence-corrected chi connectivity index (χ2v) is 6.54. The molecule has 116 valence electrons. The minimum absolute atomic E-state index is 0.141. The van der Waals surface area contributed by atoms with E-state index in [2.05, 4.69) is 15.5 Å². The van der Waals surface area contributed by atoms with E-state index in [9.17, 15) is 4.79 Å². The summed E-state index contributed by atoms with van der Waals surface area (Å²) in [5.41, 5.74) is -0.473. The summed E-state index contributed by atoms with van der Waals surface area (Å²) in [6, 6.07) is 3.61. The first-order valence-corrected chi connectivity index (χ1v) is 7.45. The normalized spacial score (nSPS) is 19.2. The van der Waals surface area contributed by atoms with Crippen LogP contribution in [0.1, 0.15) is 33.6 Å². The summed E-state index contributed by atoms with van der Waals surface area (Å²) in [4.78, 5) is 13.8. The predicted octanol–water partition coefficient (Wildman–Crippen LogP) is 2.94. The van der Waals surface area contributed by atoms with Crippen molar-refractivity contribution in [3.05, 3.63) is 17.3 Å². The molecule has 1 fully saturated rings. The van der Waals surface area contributed by atoms with Crippen molar-refractivity contribution in [2.24, 2.45) is 0 Å². The number of amides is 1. The Morgan fingerprint density at radius 3 is 2.81 bits per heavy atom. The van der Waals surface area contributed by atoms with Gasteiger partial charge in [0.25, 0.3) is 0 Å². The molecule has 0 radical (unpaired) electrons. The zero-order chi connectivity index (χ0) is 15.5. The molecule has 1 atom stereocenters. The van der Waals surface area contributed by atoms with Crippen molar-refractivity contribution in [1.29, 1.82) is 0 Å². The van der Waals surface area contributed by atoms with Crippen molar-refractivity contribution in [2.45, 2.75) is 45.3 Å². The summed E-state index contributed by atoms with van der Waals surface area (Å²) in [6.45, 7) is 6.92. The van der Waals surface area contributed by atoms with Gasteiger partial charge in [0, 0.05) is 19.1 Å². The molecule has 1 N–H and O–H groups in total. The molecule has 1 aromatic rings. The molecule has 7 heteroatoms. The smallest absolute Gasteiger partial charge is 0.410 e. The largest absolute Gasteiger partial charge is 0.444 e. The Balaban J connectivity index is 1.91. The SMILES string of the molecule is CC(C)(C)OC(=O)N1CCC[C@@H](Nc2ccc(Cl)nn2)C1. The van der Waals surface area contributed by atoms with Crippen LogP contribution < -0.4 is 5.32 Å². The van der Waals surface area contributed by atoms with Crippen molar-refractivity contribution >= 4 is 23.5 Å². The molecule has 1 aliphatic rings. The molecule has 1 amide bonds. The molecule has 1 aliphatic heterocycles. The number of carbonyl (C=O) groups is 1. The van der Waals surface area contributed by atoms with Gasteiger partial charge in [-0.3, -0.25) is 0 Å². The summed E-state index contributed by atoms with van der Waals surface area (Å²) < 4.78 is 5.41. The molecule has 0 bridgehead atoms. The highest BCUT2D eigenvalue weighted by Crippen LogP contribution is 2.18. The van der Waals surface area contributed by atoms with Gasteiger partial charge >= 0.3 is 6.09 Å². The van der Waals surface area contributed by atoms with Gasteiger partial charge in [0.15, 0.2) is 5.15 Å². The second-order valence-electron chi connectivity index (χ2n) is 6.15. The molecule has 0 aromatic carbocycles. The van der Waals surface area contributed by atoms with Crippen molar-refractivity contribution in [3.63, 3.8) is 0 Å². The highest BCUT2D eigenvalue weighted by molar-refractivity contribution is 6.29. The third-order valence-electron chi connectivity index (χ3n) is 3.06. The molecule has 21 heavy (non-hydrogen) atoms. The number of carbonyl (C=O) groups excluding carboxylic acids is 1. The molecule has 2 heterocycles. The van der Waals surface area contributed by atoms with E-state index in [-0.39, 0.29) is 12.1 Å². The van der Waals surface area contributed by atoms with Gasteiger partial charge in [0.1, 0.15) is 11.4 Å². The number of piperidine rings is 1. The second kappa shape index (κ2) is 6.47. The molecule has 1 saturated heterocycles. The number of anilines is 1. The van der Waals surface area contributed by atoms with E-state index in [0.29, 0.717) is 17.5 Å². The minimum atomic E-state index is -0.473. The number of hydrogen-bond donors (Lipinski definition) is 1. The summed E-state index contributed by atoms with van der Waals surface area (Å²) in [7, 11) is 0. The van der Waals surface area contributed by atoms with Gasteiger partial charge < -0.3 is 15.0 Å². The van der Waals surface area contributed by atoms with Crippen LogP contribution in [0.3, 0.4) is 0 Å². The van der Waals surface area contributed by atoms with Crippen molar-refractivity contribution < 1.29 is 9.53 Å². The van der Waals surface area contributed by atoms with Gasteiger partial charge in [0.2, 0.25) is 0 Å². The average Bonchev–Trinajstić information content (AvgIpc) is 2.40. The maximum absolute atomic E-state index is 12.1. The fraction of sp³-hybridized carbons (Fsp3) is 0.643. The van der Waals surface area contributed by atoms with Gasteiger partial charge in [-0.15, -0.1) is 10.2 Å². The number of hydrogen-bond acceptors (Lipinski definition) is 5. The first kappa shape index (κ1) is 15.8. The highest BCUT2D eigenvalue weighted by Gasteiger charge is 2.27. The van der Waals surface area contributed by atoms with Gasteiger partial charge in [-0.2, -0.15) is 0 Å². The van der Waals surface area contributed by atoms with E-state index < -0.39 is 5.60 Å². The predicted molar refractivity (Wildman–Crippen MR) is 81.5 cm³/mol. The van der Waals surface area contributed by atoms with Crippen LogP contribution >= 0.6 is 11.6 Å². The van der Waals surface area contributed by atoms with Gasteiger partial charge in [-0.1, -0.05) is 11.6 Å². The van der Waals surface area contributed by atoms with Gasteiger partial charge in [-0.25, -0.2) is 4.79 Å². The van der Waals surface area contributed by atoms with E-state index in [1.165, 1.54) is 0 Å². The van der Waals surface area contributed by atoms with Crippen LogP contribution in [-0.2, 0) is 4.74 Å². The van der Waals surface area contributed by atoms with E-state index in [1.807, 2.05) is 20.8 Å². The monoisotopic (exact) mass is 312 g/mol. The van der Waals surface area contributed by atoms with Crippen LogP contribution in [0.5, 0.6) is 0 Å². The van der Waals surface area contributed by atoms with Crippen molar-refractivity contribution in [3.8, 4) is 0 Å². The van der Waals surface area contributed by atoms with Crippen molar-refractivity contribution in [1.82, 2.24) is 15.1 Å². The number of rotatable bonds is 2. The lowest BCUT2D eigenvalue weighted by atomic mass is 10.1. The van der Waals surface area contributed by atoms with E-state index in [1.54, 1.807) is 17.0 Å². The fourth-order valence-corrected chi connectivity index (χ4v) is 2.29. The Bertz CT molecular complexity index is 487. The third-order valence-corrected chi connectivity index (χ3v) is 3.26. The molecule has 6 nitrogen and oxygen atoms in total. The van der Waals surface area contributed by atoms with Gasteiger partial charge in [0.05, 0.1) is 0 Å². The first-order chi connectivity index (χ1) is 9.83. The average molecular weight is 313 g/mol. The van der Waals surface area contributed by atoms with Crippen LogP contribution in [0.4, 0.5) is 10.6 Å². The Morgan fingerprint density at radius 1 is 1.43 bits per heavy atom. The maximum Gasteiger partial charge on any atom is 0.410 e. The summed E-state index contributed by atoms with van der Waals surface area (Å²) >= 11 is 5.71. The zero-order valence-electron chi connectivity index (χ0n) is 12.6. The maximum atomic E-state index is 12.1. The van der Waals surface area contributed by atoms with Crippen LogP contribution in [0.25, 0.3) is 0 Å². The van der Waals surface area contributed by atoms with E-state index in [0.717, 1.165) is 19.4 Å². The molecule has 2 rings (SSSR count). The third kappa shape index (κ3) is 5.04. The topological polar surface area (TPSA) is 67.3 Å². The lowest BCUT2D eigenvalue weighted by molar-refractivity contribution is 0.0206. The lowest BCUT2D eigenvalue weighted by Crippen LogP contribution is -2.47. The molecule has 1 aromatic heterocycles. The zero-order valence-corrected chi connectivity index (χ0v) is 13.4. The van der Waals surface area contributed by atoms with Crippen molar-refractivity contribution in [2.75, 3.05) is 18.4 Å². The Labute approximate surface area is 129 Å². The lowest BCUT2D eigenvalue weighted by Gasteiger charge is -2.34. The molecule has 0 spiro atoms. The highest BCUT2D eigenvalue weighted by atomic mass is 35.5. The number of halogens is 1. The summed E-state index contributed by atoms with van der Waals surface area (Å²) in [5.74, 6) is 0.662. The number of aromatic nitrogens is 2. The van der Waals surface area contributed by atoms with Crippen LogP contribution in [0.15, 0.2) is 12.1 Å². The standard InChI is InChI=1S/C14H21ClN4O2/c1-14(2,3)21-13(20)19-8-4-5-10(9-19)16-12-7-6-11(15)17-18-12/h6-7,10H,4-5,8-9H2,1-3H3,(H,16,18)/t10-/m1/s1. The fourth-order valence-electron chi connectivity index (χ4n) is 2.19. The Kier molecular flexibility index (Phi) is 4.88. The van der Waals surface area contributed by atoms with Crippen LogP contribution in [0, 0.1) is 0 Å². The van der Waals surface area contributed by atoms with E-state index in [4.69, 9.17) is 16.3 Å².